The molecule has 0 aromatic heterocycles. The molecule has 0 amide bonds. The number of hydrogen-bond donors (Lipinski definition) is 2. The summed E-state index contributed by atoms with van der Waals surface area (Å²) >= 11 is 0. The third-order valence-corrected chi connectivity index (χ3v) is 4.03. The van der Waals surface area contributed by atoms with Crippen LogP contribution >= 0.6 is 24.0 Å². The van der Waals surface area contributed by atoms with Crippen molar-refractivity contribution >= 4 is 29.9 Å². The predicted molar refractivity (Wildman–Crippen MR) is 112 cm³/mol. The molecule has 1 aliphatic rings. The average molecular weight is 456 g/mol. The number of nitrogens with one attached hydrogen (secondary N) is 2. The van der Waals surface area contributed by atoms with E-state index < -0.39 is 0 Å². The molecule has 1 rings (SSSR count). The molecule has 1 heterocycles. The van der Waals surface area contributed by atoms with E-state index >= 15 is 0 Å². The molecule has 0 spiro atoms. The Balaban J connectivity index is 0.00000529. The lowest BCUT2D eigenvalue weighted by molar-refractivity contribution is 0.0171. The maximum atomic E-state index is 5.66. The summed E-state index contributed by atoms with van der Waals surface area (Å²) in [5.74, 6) is 0.892. The Kier molecular flexibility index (Phi) is 15.1. The van der Waals surface area contributed by atoms with E-state index in [0.29, 0.717) is 12.1 Å². The van der Waals surface area contributed by atoms with E-state index in [2.05, 4.69) is 48.3 Å². The molecule has 1 atom stereocenters. The van der Waals surface area contributed by atoms with Crippen LogP contribution in [0.1, 0.15) is 40.0 Å². The highest BCUT2D eigenvalue weighted by molar-refractivity contribution is 14.0. The molecule has 24 heavy (non-hydrogen) atoms. The van der Waals surface area contributed by atoms with Crippen LogP contribution in [0.25, 0.3) is 0 Å². The van der Waals surface area contributed by atoms with Crippen molar-refractivity contribution in [1.82, 2.24) is 15.5 Å². The Hall–Kier alpha value is -0.120. The summed E-state index contributed by atoms with van der Waals surface area (Å²) in [5, 5.41) is 6.66. The van der Waals surface area contributed by atoms with Crippen molar-refractivity contribution in [3.05, 3.63) is 0 Å². The summed E-state index contributed by atoms with van der Waals surface area (Å²) in [5.41, 5.74) is 0. The quantitative estimate of drug-likeness (QED) is 0.216. The van der Waals surface area contributed by atoms with Gasteiger partial charge in [-0.15, -0.1) is 24.0 Å². The van der Waals surface area contributed by atoms with Gasteiger partial charge in [-0.25, -0.2) is 0 Å². The zero-order valence-electron chi connectivity index (χ0n) is 15.8. The molecule has 0 bridgehead atoms. The number of nitrogens with zero attached hydrogens (tertiary/aromatic N) is 2. The van der Waals surface area contributed by atoms with E-state index in [1.54, 1.807) is 0 Å². The van der Waals surface area contributed by atoms with E-state index in [1.807, 2.05) is 0 Å². The predicted octanol–water partition coefficient (Wildman–Crippen LogP) is 2.09. The molecule has 1 aliphatic heterocycles. The van der Waals surface area contributed by atoms with E-state index in [0.717, 1.165) is 64.8 Å². The highest BCUT2D eigenvalue weighted by atomic mass is 127. The summed E-state index contributed by atoms with van der Waals surface area (Å²) in [6.07, 6.45) is 3.56. The Bertz CT molecular complexity index is 324. The normalized spacial score (nSPS) is 18.1. The molecule has 1 fully saturated rings. The number of ether oxygens (including phenoxy) is 2. The van der Waals surface area contributed by atoms with Crippen LogP contribution < -0.4 is 10.6 Å². The summed E-state index contributed by atoms with van der Waals surface area (Å²) in [6, 6.07) is 0.567. The standard InChI is InChI=1S/C17H36N4O2.HI/c1-5-18-17(20-10-11-21(4)15(2)3)19-9-7-12-22-14-16-8-6-13-23-16;/h15-16H,5-14H2,1-4H3,(H2,18,19,20);1H. The van der Waals surface area contributed by atoms with Gasteiger partial charge < -0.3 is 25.0 Å². The van der Waals surface area contributed by atoms with Crippen LogP contribution in [0, 0.1) is 0 Å². The molecular weight excluding hydrogens is 419 g/mol. The second-order valence-corrected chi connectivity index (χ2v) is 6.33. The van der Waals surface area contributed by atoms with Crippen molar-refractivity contribution < 1.29 is 9.47 Å². The van der Waals surface area contributed by atoms with Gasteiger partial charge in [0.2, 0.25) is 0 Å². The van der Waals surface area contributed by atoms with Gasteiger partial charge in [0.1, 0.15) is 0 Å². The first-order valence-electron chi connectivity index (χ1n) is 9.05. The summed E-state index contributed by atoms with van der Waals surface area (Å²) in [4.78, 5) is 6.90. The summed E-state index contributed by atoms with van der Waals surface area (Å²) in [6.45, 7) is 12.4. The topological polar surface area (TPSA) is 58.1 Å². The molecule has 0 radical (unpaired) electrons. The van der Waals surface area contributed by atoms with Crippen molar-refractivity contribution in [2.45, 2.75) is 52.2 Å². The van der Waals surface area contributed by atoms with Gasteiger partial charge in [-0.3, -0.25) is 4.99 Å². The zero-order chi connectivity index (χ0) is 16.9. The molecule has 0 aromatic rings. The molecule has 0 aromatic carbocycles. The molecule has 1 unspecified atom stereocenters. The van der Waals surface area contributed by atoms with Gasteiger partial charge >= 0.3 is 0 Å². The second-order valence-electron chi connectivity index (χ2n) is 6.33. The maximum Gasteiger partial charge on any atom is 0.191 e. The van der Waals surface area contributed by atoms with Crippen molar-refractivity contribution in [2.75, 3.05) is 53.0 Å². The maximum absolute atomic E-state index is 5.66. The third kappa shape index (κ3) is 11.4. The van der Waals surface area contributed by atoms with Crippen molar-refractivity contribution in [3.63, 3.8) is 0 Å². The van der Waals surface area contributed by atoms with Gasteiger partial charge in [0.25, 0.3) is 0 Å². The SMILES string of the molecule is CCNC(=NCCCOCC1CCCO1)NCCN(C)C(C)C.I. The van der Waals surface area contributed by atoms with E-state index in [4.69, 9.17) is 9.47 Å². The lowest BCUT2D eigenvalue weighted by Gasteiger charge is -2.21. The number of halogens is 1. The van der Waals surface area contributed by atoms with E-state index in [-0.39, 0.29) is 24.0 Å². The highest BCUT2D eigenvalue weighted by Gasteiger charge is 2.14. The molecule has 0 aliphatic carbocycles. The first kappa shape index (κ1) is 23.9. The Morgan fingerprint density at radius 1 is 1.38 bits per heavy atom. The zero-order valence-corrected chi connectivity index (χ0v) is 18.2. The molecule has 1 saturated heterocycles. The van der Waals surface area contributed by atoms with Gasteiger partial charge in [0.15, 0.2) is 5.96 Å². The fraction of sp³-hybridized carbons (Fsp3) is 0.941. The molecule has 144 valence electrons. The average Bonchev–Trinajstić information content (AvgIpc) is 3.03. The van der Waals surface area contributed by atoms with Crippen molar-refractivity contribution in [2.24, 2.45) is 4.99 Å². The molecule has 7 heteroatoms. The molecular formula is C17H37IN4O2. The van der Waals surface area contributed by atoms with Crippen LogP contribution in [0.4, 0.5) is 0 Å². The van der Waals surface area contributed by atoms with Gasteiger partial charge in [-0.1, -0.05) is 0 Å². The Morgan fingerprint density at radius 2 is 2.17 bits per heavy atom. The minimum Gasteiger partial charge on any atom is -0.379 e. The number of guanidine groups is 1. The number of hydrogen-bond acceptors (Lipinski definition) is 4. The number of rotatable bonds is 11. The van der Waals surface area contributed by atoms with Crippen LogP contribution in [0.2, 0.25) is 0 Å². The number of aliphatic imine (C=N–C) groups is 1. The van der Waals surface area contributed by atoms with E-state index in [1.165, 1.54) is 6.42 Å². The second kappa shape index (κ2) is 15.2. The highest BCUT2D eigenvalue weighted by Crippen LogP contribution is 2.11. The monoisotopic (exact) mass is 456 g/mol. The third-order valence-electron chi connectivity index (χ3n) is 4.03. The van der Waals surface area contributed by atoms with Crippen LogP contribution in [0.15, 0.2) is 4.99 Å². The number of likely N-dealkylation sites (N-methyl/N-ethyl adjacent to an activating group) is 1. The van der Waals surface area contributed by atoms with Crippen LogP contribution in [0.5, 0.6) is 0 Å². The van der Waals surface area contributed by atoms with Crippen LogP contribution in [-0.2, 0) is 9.47 Å². The molecule has 6 nitrogen and oxygen atoms in total. The largest absolute Gasteiger partial charge is 0.379 e. The smallest absolute Gasteiger partial charge is 0.191 e. The van der Waals surface area contributed by atoms with Gasteiger partial charge in [-0.2, -0.15) is 0 Å². The summed E-state index contributed by atoms with van der Waals surface area (Å²) in [7, 11) is 2.14. The van der Waals surface area contributed by atoms with Gasteiger partial charge in [-0.05, 0) is 47.1 Å². The lowest BCUT2D eigenvalue weighted by Crippen LogP contribution is -2.42. The van der Waals surface area contributed by atoms with Crippen LogP contribution in [-0.4, -0.2) is 76.1 Å². The van der Waals surface area contributed by atoms with Crippen LogP contribution in [0.3, 0.4) is 0 Å². The van der Waals surface area contributed by atoms with Gasteiger partial charge in [0.05, 0.1) is 12.7 Å². The van der Waals surface area contributed by atoms with Crippen molar-refractivity contribution in [1.29, 1.82) is 0 Å². The molecule has 0 saturated carbocycles. The lowest BCUT2D eigenvalue weighted by atomic mass is 10.2. The fourth-order valence-electron chi connectivity index (χ4n) is 2.30. The molecule has 2 N–H and O–H groups in total. The first-order chi connectivity index (χ1) is 11.1. The summed E-state index contributed by atoms with van der Waals surface area (Å²) < 4.78 is 11.2. The minimum absolute atomic E-state index is 0. The van der Waals surface area contributed by atoms with Crippen molar-refractivity contribution in [3.8, 4) is 0 Å². The first-order valence-corrected chi connectivity index (χ1v) is 9.05. The Labute approximate surface area is 165 Å². The van der Waals surface area contributed by atoms with Gasteiger partial charge in [0, 0.05) is 45.4 Å². The fourth-order valence-corrected chi connectivity index (χ4v) is 2.30. The minimum atomic E-state index is 0. The van der Waals surface area contributed by atoms with E-state index in [9.17, 15) is 0 Å². The Morgan fingerprint density at radius 3 is 2.79 bits per heavy atom.